The van der Waals surface area contributed by atoms with Crippen LogP contribution in [0.2, 0.25) is 5.02 Å². The van der Waals surface area contributed by atoms with Crippen LogP contribution in [0, 0.1) is 11.3 Å². The Morgan fingerprint density at radius 2 is 2.03 bits per heavy atom. The van der Waals surface area contributed by atoms with Gasteiger partial charge in [0, 0.05) is 43.2 Å². The second-order valence-corrected chi connectivity index (χ2v) is 10.9. The summed E-state index contributed by atoms with van der Waals surface area (Å²) >= 11 is 8.13. The first-order valence-electron chi connectivity index (χ1n) is 11.6. The van der Waals surface area contributed by atoms with Crippen LogP contribution < -0.4 is 15.5 Å². The number of halogens is 1. The first-order chi connectivity index (χ1) is 16.0. The molecule has 0 unspecified atom stereocenters. The Hall–Kier alpha value is -1.65. The second-order valence-electron chi connectivity index (χ2n) is 9.50. The van der Waals surface area contributed by atoms with Gasteiger partial charge in [0.05, 0.1) is 30.5 Å². The SMILES string of the molecule is C[C@H]1CC2(CCN(c3ncc(Sc4ccnc(N5CC(CN)C5)c4Cl)nc3CO)CC2)CO1. The van der Waals surface area contributed by atoms with Gasteiger partial charge in [0.25, 0.3) is 0 Å². The summed E-state index contributed by atoms with van der Waals surface area (Å²) in [6.07, 6.45) is 7.19. The number of aliphatic hydroxyl groups excluding tert-OH is 1. The molecule has 3 saturated heterocycles. The molecule has 178 valence electrons. The first kappa shape index (κ1) is 23.1. The number of ether oxygens (including phenoxy) is 1. The Labute approximate surface area is 203 Å². The minimum atomic E-state index is -0.151. The molecule has 8 nitrogen and oxygen atoms in total. The molecule has 0 saturated carbocycles. The van der Waals surface area contributed by atoms with Crippen molar-refractivity contribution in [3.8, 4) is 0 Å². The molecule has 2 aromatic rings. The normalized spacial score (nSPS) is 22.7. The summed E-state index contributed by atoms with van der Waals surface area (Å²) in [7, 11) is 0. The molecule has 3 fully saturated rings. The molecule has 0 aliphatic carbocycles. The van der Waals surface area contributed by atoms with Crippen LogP contribution in [0.4, 0.5) is 11.6 Å². The molecule has 0 aromatic carbocycles. The fourth-order valence-electron chi connectivity index (χ4n) is 5.13. The standard InChI is InChI=1S/C23H31ClN6O2S/c1-15-8-23(14-32-15)3-6-29(7-4-23)21-17(13-31)28-19(10-27-21)33-18-2-5-26-22(20(18)24)30-11-16(9-25)12-30/h2,5,10,15-16,31H,3-4,6-9,11-14,25H2,1H3/t15-/m0/s1. The third kappa shape index (κ3) is 4.66. The number of rotatable bonds is 6. The van der Waals surface area contributed by atoms with Crippen molar-refractivity contribution in [1.82, 2.24) is 15.0 Å². The lowest BCUT2D eigenvalue weighted by Crippen LogP contribution is -2.50. The van der Waals surface area contributed by atoms with Crippen LogP contribution in [0.25, 0.3) is 0 Å². The number of pyridine rings is 1. The van der Waals surface area contributed by atoms with Crippen LogP contribution in [0.3, 0.4) is 0 Å². The van der Waals surface area contributed by atoms with Gasteiger partial charge in [-0.2, -0.15) is 0 Å². The van der Waals surface area contributed by atoms with Gasteiger partial charge in [-0.05, 0) is 44.2 Å². The predicted octanol–water partition coefficient (Wildman–Crippen LogP) is 2.96. The molecule has 0 bridgehead atoms. The molecule has 0 radical (unpaired) electrons. The summed E-state index contributed by atoms with van der Waals surface area (Å²) in [6.45, 7) is 7.11. The van der Waals surface area contributed by atoms with Crippen molar-refractivity contribution in [3.05, 3.63) is 29.2 Å². The Morgan fingerprint density at radius 3 is 2.70 bits per heavy atom. The molecule has 2 aromatic heterocycles. The van der Waals surface area contributed by atoms with Crippen molar-refractivity contribution in [2.24, 2.45) is 17.1 Å². The predicted molar refractivity (Wildman–Crippen MR) is 130 cm³/mol. The minimum absolute atomic E-state index is 0.151. The van der Waals surface area contributed by atoms with Gasteiger partial charge in [0.1, 0.15) is 16.5 Å². The summed E-state index contributed by atoms with van der Waals surface area (Å²) in [5.41, 5.74) is 6.65. The lowest BCUT2D eigenvalue weighted by atomic mass is 9.77. The van der Waals surface area contributed by atoms with Crippen LogP contribution in [0.1, 0.15) is 31.9 Å². The fourth-order valence-corrected chi connectivity index (χ4v) is 6.27. The lowest BCUT2D eigenvalue weighted by Gasteiger charge is -2.40. The molecule has 0 amide bonds. The van der Waals surface area contributed by atoms with E-state index in [0.717, 1.165) is 68.6 Å². The Morgan fingerprint density at radius 1 is 1.24 bits per heavy atom. The number of aliphatic hydroxyl groups is 1. The largest absolute Gasteiger partial charge is 0.390 e. The summed E-state index contributed by atoms with van der Waals surface area (Å²) < 4.78 is 5.85. The van der Waals surface area contributed by atoms with E-state index in [-0.39, 0.29) is 6.61 Å². The van der Waals surface area contributed by atoms with Crippen LogP contribution in [0.5, 0.6) is 0 Å². The van der Waals surface area contributed by atoms with E-state index in [9.17, 15) is 5.11 Å². The van der Waals surface area contributed by atoms with Gasteiger partial charge in [-0.15, -0.1) is 0 Å². The molecular formula is C23H31ClN6O2S. The monoisotopic (exact) mass is 490 g/mol. The molecule has 33 heavy (non-hydrogen) atoms. The summed E-state index contributed by atoms with van der Waals surface area (Å²) in [4.78, 5) is 19.1. The van der Waals surface area contributed by atoms with Crippen molar-refractivity contribution >= 4 is 35.0 Å². The number of hydrogen-bond acceptors (Lipinski definition) is 9. The van der Waals surface area contributed by atoms with Crippen molar-refractivity contribution < 1.29 is 9.84 Å². The first-order valence-corrected chi connectivity index (χ1v) is 12.8. The Bertz CT molecular complexity index is 997. The zero-order valence-electron chi connectivity index (χ0n) is 18.9. The summed E-state index contributed by atoms with van der Waals surface area (Å²) in [6, 6.07) is 1.89. The van der Waals surface area contributed by atoms with E-state index in [0.29, 0.717) is 39.7 Å². The van der Waals surface area contributed by atoms with Gasteiger partial charge in [-0.3, -0.25) is 0 Å². The zero-order chi connectivity index (χ0) is 23.0. The minimum Gasteiger partial charge on any atom is -0.390 e. The summed E-state index contributed by atoms with van der Waals surface area (Å²) in [5.74, 6) is 2.06. The van der Waals surface area contributed by atoms with Crippen LogP contribution in [-0.4, -0.2) is 65.5 Å². The second kappa shape index (κ2) is 9.54. The Kier molecular flexibility index (Phi) is 6.68. The highest BCUT2D eigenvalue weighted by Crippen LogP contribution is 2.43. The fraction of sp³-hybridized carbons (Fsp3) is 0.609. The highest BCUT2D eigenvalue weighted by Gasteiger charge is 2.41. The van der Waals surface area contributed by atoms with Gasteiger partial charge in [-0.25, -0.2) is 15.0 Å². The van der Waals surface area contributed by atoms with E-state index in [1.54, 1.807) is 12.4 Å². The van der Waals surface area contributed by atoms with Crippen molar-refractivity contribution in [2.45, 2.75) is 48.8 Å². The topological polar surface area (TPSA) is 101 Å². The van der Waals surface area contributed by atoms with Crippen LogP contribution >= 0.6 is 23.4 Å². The molecule has 5 heterocycles. The highest BCUT2D eigenvalue weighted by molar-refractivity contribution is 7.99. The van der Waals surface area contributed by atoms with Gasteiger partial charge in [0.15, 0.2) is 5.82 Å². The number of hydrogen-bond donors (Lipinski definition) is 2. The molecule has 3 aliphatic heterocycles. The van der Waals surface area contributed by atoms with E-state index in [1.165, 1.54) is 11.8 Å². The molecule has 5 rings (SSSR count). The number of piperidine rings is 1. The smallest absolute Gasteiger partial charge is 0.152 e. The van der Waals surface area contributed by atoms with E-state index < -0.39 is 0 Å². The van der Waals surface area contributed by atoms with Gasteiger partial charge < -0.3 is 25.4 Å². The maximum Gasteiger partial charge on any atom is 0.152 e. The van der Waals surface area contributed by atoms with E-state index in [4.69, 9.17) is 32.0 Å². The molecule has 10 heteroatoms. The van der Waals surface area contributed by atoms with Crippen molar-refractivity contribution in [1.29, 1.82) is 0 Å². The van der Waals surface area contributed by atoms with E-state index in [2.05, 4.69) is 21.7 Å². The third-order valence-electron chi connectivity index (χ3n) is 7.11. The van der Waals surface area contributed by atoms with E-state index in [1.807, 2.05) is 6.07 Å². The quantitative estimate of drug-likeness (QED) is 0.632. The average Bonchev–Trinajstić information content (AvgIpc) is 3.16. The Balaban J connectivity index is 1.28. The number of nitrogens with two attached hydrogens (primary N) is 1. The molecule has 1 spiro atoms. The van der Waals surface area contributed by atoms with Crippen LogP contribution in [-0.2, 0) is 11.3 Å². The van der Waals surface area contributed by atoms with Gasteiger partial charge in [-0.1, -0.05) is 23.4 Å². The molecular weight excluding hydrogens is 460 g/mol. The number of aromatic nitrogens is 3. The number of nitrogens with zero attached hydrogens (tertiary/aromatic N) is 5. The lowest BCUT2D eigenvalue weighted by molar-refractivity contribution is 0.0975. The van der Waals surface area contributed by atoms with Crippen molar-refractivity contribution in [3.63, 3.8) is 0 Å². The number of anilines is 2. The maximum absolute atomic E-state index is 10.0. The van der Waals surface area contributed by atoms with Crippen LogP contribution in [0.15, 0.2) is 28.4 Å². The molecule has 3 aliphatic rings. The third-order valence-corrected chi connectivity index (χ3v) is 8.56. The zero-order valence-corrected chi connectivity index (χ0v) is 20.5. The molecule has 1 atom stereocenters. The molecule has 3 N–H and O–H groups in total. The average molecular weight is 491 g/mol. The maximum atomic E-state index is 10.0. The van der Waals surface area contributed by atoms with E-state index >= 15 is 0 Å². The van der Waals surface area contributed by atoms with Gasteiger partial charge >= 0.3 is 0 Å². The van der Waals surface area contributed by atoms with Gasteiger partial charge in [0.2, 0.25) is 0 Å². The van der Waals surface area contributed by atoms with Crippen molar-refractivity contribution in [2.75, 3.05) is 49.1 Å². The summed E-state index contributed by atoms with van der Waals surface area (Å²) in [5, 5.41) is 11.3. The highest BCUT2D eigenvalue weighted by atomic mass is 35.5.